The first-order valence-corrected chi connectivity index (χ1v) is 10.3. The summed E-state index contributed by atoms with van der Waals surface area (Å²) in [6.45, 7) is 11.8. The van der Waals surface area contributed by atoms with E-state index in [1.54, 1.807) is 34.6 Å². The highest BCUT2D eigenvalue weighted by Crippen LogP contribution is 2.11. The fourth-order valence-electron chi connectivity index (χ4n) is 2.71. The molecule has 174 valence electrons. The van der Waals surface area contributed by atoms with Crippen molar-refractivity contribution >= 4 is 23.7 Å². The molecule has 0 aliphatic rings. The maximum atomic E-state index is 12.8. The smallest absolute Gasteiger partial charge is 0.326 e. The molecule has 0 rings (SSSR count). The molecule has 0 aliphatic carbocycles. The van der Waals surface area contributed by atoms with E-state index in [0.29, 0.717) is 6.42 Å². The van der Waals surface area contributed by atoms with Gasteiger partial charge in [-0.3, -0.25) is 14.4 Å². The molecule has 0 spiro atoms. The number of carbonyl (C=O) groups is 4. The molecule has 10 nitrogen and oxygen atoms in total. The van der Waals surface area contributed by atoms with Crippen molar-refractivity contribution in [3.63, 3.8) is 0 Å². The molecule has 3 amide bonds. The predicted molar refractivity (Wildman–Crippen MR) is 112 cm³/mol. The molecule has 0 fully saturated rings. The van der Waals surface area contributed by atoms with Gasteiger partial charge >= 0.3 is 5.97 Å². The average Bonchev–Trinajstić information content (AvgIpc) is 2.65. The van der Waals surface area contributed by atoms with Crippen molar-refractivity contribution in [1.29, 1.82) is 0 Å². The van der Waals surface area contributed by atoms with Gasteiger partial charge in [0.2, 0.25) is 17.7 Å². The number of aliphatic hydroxyl groups is 1. The maximum absolute atomic E-state index is 12.8. The summed E-state index contributed by atoms with van der Waals surface area (Å²) in [5.74, 6) is -3.99. The number of aliphatic carboxylic acids is 1. The van der Waals surface area contributed by atoms with Gasteiger partial charge in [0.05, 0.1) is 6.10 Å². The summed E-state index contributed by atoms with van der Waals surface area (Å²) < 4.78 is 0. The molecule has 6 atom stereocenters. The monoisotopic (exact) mass is 430 g/mol. The van der Waals surface area contributed by atoms with Crippen LogP contribution in [0.25, 0.3) is 0 Å². The summed E-state index contributed by atoms with van der Waals surface area (Å²) in [6, 6.07) is -4.26. The molecule has 0 radical (unpaired) electrons. The number of aliphatic hydroxyl groups excluding tert-OH is 1. The predicted octanol–water partition coefficient (Wildman–Crippen LogP) is -0.408. The molecule has 7 N–H and O–H groups in total. The van der Waals surface area contributed by atoms with Gasteiger partial charge in [0, 0.05) is 0 Å². The molecule has 0 bridgehead atoms. The van der Waals surface area contributed by atoms with Crippen LogP contribution in [0.2, 0.25) is 0 Å². The van der Waals surface area contributed by atoms with Gasteiger partial charge in [-0.2, -0.15) is 0 Å². The quantitative estimate of drug-likeness (QED) is 0.244. The van der Waals surface area contributed by atoms with E-state index in [2.05, 4.69) is 16.0 Å². The van der Waals surface area contributed by atoms with Crippen molar-refractivity contribution in [1.82, 2.24) is 16.0 Å². The van der Waals surface area contributed by atoms with Gasteiger partial charge in [-0.05, 0) is 24.7 Å². The molecule has 0 heterocycles. The number of hydrogen-bond acceptors (Lipinski definition) is 6. The molecule has 10 heteroatoms. The Kier molecular flexibility index (Phi) is 11.6. The van der Waals surface area contributed by atoms with E-state index in [4.69, 9.17) is 5.73 Å². The number of amides is 3. The van der Waals surface area contributed by atoms with Crippen LogP contribution in [0, 0.1) is 17.8 Å². The zero-order valence-corrected chi connectivity index (χ0v) is 18.9. The van der Waals surface area contributed by atoms with Crippen LogP contribution in [-0.2, 0) is 19.2 Å². The Morgan fingerprint density at radius 3 is 1.43 bits per heavy atom. The van der Waals surface area contributed by atoms with Gasteiger partial charge in [0.25, 0.3) is 0 Å². The van der Waals surface area contributed by atoms with Crippen molar-refractivity contribution in [3.05, 3.63) is 0 Å². The lowest BCUT2D eigenvalue weighted by Crippen LogP contribution is -2.60. The van der Waals surface area contributed by atoms with Crippen molar-refractivity contribution < 1.29 is 29.4 Å². The van der Waals surface area contributed by atoms with Crippen LogP contribution in [0.3, 0.4) is 0 Å². The third kappa shape index (κ3) is 8.27. The molecular formula is C20H38N4O6. The summed E-state index contributed by atoms with van der Waals surface area (Å²) in [5.41, 5.74) is 5.62. The summed E-state index contributed by atoms with van der Waals surface area (Å²) in [4.78, 5) is 49.2. The second-order valence-corrected chi connectivity index (χ2v) is 8.44. The van der Waals surface area contributed by atoms with Crippen LogP contribution < -0.4 is 21.7 Å². The van der Waals surface area contributed by atoms with Gasteiger partial charge in [-0.1, -0.05) is 48.0 Å². The number of carboxylic acids is 1. The van der Waals surface area contributed by atoms with Crippen LogP contribution in [0.4, 0.5) is 0 Å². The van der Waals surface area contributed by atoms with E-state index in [-0.39, 0.29) is 17.8 Å². The maximum Gasteiger partial charge on any atom is 0.326 e. The second-order valence-electron chi connectivity index (χ2n) is 8.44. The minimum atomic E-state index is -1.20. The van der Waals surface area contributed by atoms with Gasteiger partial charge in [-0.15, -0.1) is 0 Å². The first kappa shape index (κ1) is 27.8. The molecule has 6 unspecified atom stereocenters. The fourth-order valence-corrected chi connectivity index (χ4v) is 2.71. The lowest BCUT2D eigenvalue weighted by molar-refractivity contribution is -0.144. The minimum absolute atomic E-state index is 0.292. The Bertz CT molecular complexity index is 608. The Balaban J connectivity index is 5.42. The Morgan fingerprint density at radius 2 is 1.13 bits per heavy atom. The van der Waals surface area contributed by atoms with Gasteiger partial charge < -0.3 is 31.9 Å². The highest BCUT2D eigenvalue weighted by Gasteiger charge is 2.34. The summed E-state index contributed by atoms with van der Waals surface area (Å²) in [6.07, 6.45) is -0.537. The van der Waals surface area contributed by atoms with E-state index in [1.807, 2.05) is 6.92 Å². The van der Waals surface area contributed by atoms with E-state index < -0.39 is 54.0 Å². The number of rotatable bonds is 12. The molecular weight excluding hydrogens is 392 g/mol. The van der Waals surface area contributed by atoms with Gasteiger partial charge in [-0.25, -0.2) is 4.79 Å². The van der Waals surface area contributed by atoms with Crippen molar-refractivity contribution in [2.24, 2.45) is 23.5 Å². The minimum Gasteiger partial charge on any atom is -0.480 e. The molecule has 0 aromatic heterocycles. The Labute approximate surface area is 178 Å². The van der Waals surface area contributed by atoms with E-state index >= 15 is 0 Å². The van der Waals surface area contributed by atoms with Crippen LogP contribution in [0.5, 0.6) is 0 Å². The van der Waals surface area contributed by atoms with E-state index in [1.165, 1.54) is 6.92 Å². The number of nitrogens with one attached hydrogen (secondary N) is 3. The topological polar surface area (TPSA) is 171 Å². The molecule has 0 saturated carbocycles. The molecule has 0 aliphatic heterocycles. The van der Waals surface area contributed by atoms with Crippen LogP contribution in [0.1, 0.15) is 54.9 Å². The normalized spacial score (nSPS) is 17.4. The number of carboxylic acid groups (broad SMARTS) is 1. The number of hydrogen-bond donors (Lipinski definition) is 6. The van der Waals surface area contributed by atoms with Crippen molar-refractivity contribution in [2.75, 3.05) is 0 Å². The third-order valence-electron chi connectivity index (χ3n) is 5.09. The summed E-state index contributed by atoms with van der Waals surface area (Å²) >= 11 is 0. The highest BCUT2D eigenvalue weighted by atomic mass is 16.4. The number of carbonyl (C=O) groups excluding carboxylic acids is 3. The Morgan fingerprint density at radius 1 is 0.767 bits per heavy atom. The first-order chi connectivity index (χ1) is 13.7. The Hall–Kier alpha value is -2.20. The third-order valence-corrected chi connectivity index (χ3v) is 5.09. The highest BCUT2D eigenvalue weighted by molar-refractivity contribution is 5.94. The second kappa shape index (κ2) is 12.5. The molecule has 30 heavy (non-hydrogen) atoms. The van der Waals surface area contributed by atoms with Crippen LogP contribution in [-0.4, -0.2) is 64.2 Å². The fraction of sp³-hybridized carbons (Fsp3) is 0.800. The number of nitrogens with two attached hydrogens (primary N) is 1. The lowest BCUT2D eigenvalue weighted by atomic mass is 9.96. The molecule has 0 saturated heterocycles. The lowest BCUT2D eigenvalue weighted by Gasteiger charge is -2.29. The zero-order valence-electron chi connectivity index (χ0n) is 18.9. The van der Waals surface area contributed by atoms with Crippen molar-refractivity contribution in [2.45, 2.75) is 85.2 Å². The van der Waals surface area contributed by atoms with E-state index in [0.717, 1.165) is 0 Å². The SMILES string of the molecule is CCC(C)C(NC(=O)C(NC(=O)C(NC(=O)C(N)C(C)O)C(C)C)C(C)C)C(=O)O. The zero-order chi connectivity index (χ0) is 23.8. The largest absolute Gasteiger partial charge is 0.480 e. The average molecular weight is 431 g/mol. The van der Waals surface area contributed by atoms with Crippen LogP contribution in [0.15, 0.2) is 0 Å². The van der Waals surface area contributed by atoms with Gasteiger partial charge in [0.15, 0.2) is 0 Å². The van der Waals surface area contributed by atoms with Gasteiger partial charge in [0.1, 0.15) is 24.2 Å². The molecule has 0 aromatic rings. The van der Waals surface area contributed by atoms with E-state index in [9.17, 15) is 29.4 Å². The first-order valence-electron chi connectivity index (χ1n) is 10.3. The summed E-state index contributed by atoms with van der Waals surface area (Å²) in [5, 5.41) is 26.5. The summed E-state index contributed by atoms with van der Waals surface area (Å²) in [7, 11) is 0. The van der Waals surface area contributed by atoms with Crippen LogP contribution >= 0.6 is 0 Å². The van der Waals surface area contributed by atoms with Crippen molar-refractivity contribution in [3.8, 4) is 0 Å². The standard InChI is InChI=1S/C20H38N4O6/c1-8-11(6)16(20(29)30)24-19(28)15(10(4)5)23-18(27)14(9(2)3)22-17(26)13(21)12(7)25/h9-16,25H,8,21H2,1-7H3,(H,22,26)(H,23,27)(H,24,28)(H,29,30). The molecule has 0 aromatic carbocycles.